The number of carbonyl (C=O) groups excluding carboxylic acids is 2. The predicted molar refractivity (Wildman–Crippen MR) is 105 cm³/mol. The zero-order valence-electron chi connectivity index (χ0n) is 16.9. The lowest BCUT2D eigenvalue weighted by Crippen LogP contribution is -2.44. The SMILES string of the molecule is CCOC(=O)c1nn(-c2ccc(OC)cc2)c2c1CN(C(=O)NCCOC)CC2. The van der Waals surface area contributed by atoms with Gasteiger partial charge in [-0.25, -0.2) is 14.3 Å². The molecule has 1 aliphatic rings. The number of nitrogens with one attached hydrogen (secondary N) is 1. The first kappa shape index (κ1) is 20.7. The Morgan fingerprint density at radius 3 is 2.62 bits per heavy atom. The number of hydrogen-bond donors (Lipinski definition) is 1. The summed E-state index contributed by atoms with van der Waals surface area (Å²) in [4.78, 5) is 26.6. The Labute approximate surface area is 169 Å². The number of methoxy groups -OCH3 is 2. The van der Waals surface area contributed by atoms with Crippen molar-refractivity contribution in [2.75, 3.05) is 40.5 Å². The standard InChI is InChI=1S/C20H26N4O5/c1-4-29-19(25)18-16-13-23(20(26)21-10-12-27-2)11-9-17(16)24(22-18)14-5-7-15(28-3)8-6-14/h5-8H,4,9-13H2,1-3H3,(H,21,26). The zero-order valence-corrected chi connectivity index (χ0v) is 16.9. The highest BCUT2D eigenvalue weighted by molar-refractivity contribution is 5.89. The molecule has 1 N–H and O–H groups in total. The molecule has 9 nitrogen and oxygen atoms in total. The topological polar surface area (TPSA) is 94.9 Å². The molecule has 0 unspecified atom stereocenters. The number of hydrogen-bond acceptors (Lipinski definition) is 6. The molecule has 1 aromatic heterocycles. The number of rotatable bonds is 7. The second-order valence-corrected chi connectivity index (χ2v) is 6.50. The lowest BCUT2D eigenvalue weighted by molar-refractivity contribution is 0.0516. The minimum Gasteiger partial charge on any atom is -0.497 e. The van der Waals surface area contributed by atoms with Crippen molar-refractivity contribution in [2.45, 2.75) is 19.9 Å². The smallest absolute Gasteiger partial charge is 0.359 e. The Morgan fingerprint density at radius 2 is 1.97 bits per heavy atom. The maximum atomic E-state index is 12.5. The summed E-state index contributed by atoms with van der Waals surface area (Å²) in [5, 5.41) is 7.34. The Bertz CT molecular complexity index is 863. The van der Waals surface area contributed by atoms with E-state index in [0.717, 1.165) is 17.1 Å². The van der Waals surface area contributed by atoms with Crippen LogP contribution in [0.3, 0.4) is 0 Å². The molecular weight excluding hydrogens is 376 g/mol. The first-order valence-corrected chi connectivity index (χ1v) is 9.53. The quantitative estimate of drug-likeness (QED) is 0.560. The monoisotopic (exact) mass is 402 g/mol. The first-order valence-electron chi connectivity index (χ1n) is 9.53. The van der Waals surface area contributed by atoms with Crippen LogP contribution in [0, 0.1) is 0 Å². The Hall–Kier alpha value is -3.07. The Kier molecular flexibility index (Phi) is 6.71. The molecule has 156 valence electrons. The van der Waals surface area contributed by atoms with Crippen molar-refractivity contribution in [3.05, 3.63) is 41.2 Å². The molecule has 0 saturated heterocycles. The van der Waals surface area contributed by atoms with Gasteiger partial charge in [0.05, 0.1) is 38.2 Å². The summed E-state index contributed by atoms with van der Waals surface area (Å²) >= 11 is 0. The largest absolute Gasteiger partial charge is 0.497 e. The van der Waals surface area contributed by atoms with Crippen LogP contribution in [0.5, 0.6) is 5.75 Å². The summed E-state index contributed by atoms with van der Waals surface area (Å²) < 4.78 is 17.1. The molecule has 2 heterocycles. The molecule has 0 atom stereocenters. The van der Waals surface area contributed by atoms with E-state index in [4.69, 9.17) is 14.2 Å². The summed E-state index contributed by atoms with van der Waals surface area (Å²) in [5.74, 6) is 0.247. The van der Waals surface area contributed by atoms with E-state index in [-0.39, 0.29) is 18.3 Å². The van der Waals surface area contributed by atoms with E-state index in [2.05, 4.69) is 10.4 Å². The van der Waals surface area contributed by atoms with Gasteiger partial charge < -0.3 is 24.4 Å². The van der Waals surface area contributed by atoms with Crippen LogP contribution in [0.2, 0.25) is 0 Å². The van der Waals surface area contributed by atoms with Gasteiger partial charge in [-0.15, -0.1) is 0 Å². The molecule has 0 spiro atoms. The van der Waals surface area contributed by atoms with E-state index >= 15 is 0 Å². The summed E-state index contributed by atoms with van der Waals surface area (Å²) in [6, 6.07) is 7.24. The zero-order chi connectivity index (χ0) is 20.8. The normalized spacial score (nSPS) is 13.0. The van der Waals surface area contributed by atoms with Crippen LogP contribution in [0.4, 0.5) is 4.79 Å². The van der Waals surface area contributed by atoms with Crippen LogP contribution in [-0.4, -0.2) is 67.2 Å². The first-order chi connectivity index (χ1) is 14.1. The third-order valence-electron chi connectivity index (χ3n) is 4.71. The fraction of sp³-hybridized carbons (Fsp3) is 0.450. The molecule has 1 aliphatic heterocycles. The Morgan fingerprint density at radius 1 is 1.21 bits per heavy atom. The van der Waals surface area contributed by atoms with Gasteiger partial charge in [-0.2, -0.15) is 5.10 Å². The minimum absolute atomic E-state index is 0.195. The molecule has 9 heteroatoms. The van der Waals surface area contributed by atoms with E-state index in [0.29, 0.717) is 38.2 Å². The van der Waals surface area contributed by atoms with Crippen molar-refractivity contribution in [3.8, 4) is 11.4 Å². The van der Waals surface area contributed by atoms with E-state index < -0.39 is 5.97 Å². The molecule has 2 aromatic rings. The van der Waals surface area contributed by atoms with E-state index in [1.165, 1.54) is 0 Å². The molecule has 0 bridgehead atoms. The van der Waals surface area contributed by atoms with Crippen LogP contribution >= 0.6 is 0 Å². The van der Waals surface area contributed by atoms with E-state index in [1.54, 1.807) is 30.7 Å². The number of ether oxygens (including phenoxy) is 3. The van der Waals surface area contributed by atoms with Crippen LogP contribution in [0.1, 0.15) is 28.7 Å². The maximum Gasteiger partial charge on any atom is 0.359 e. The van der Waals surface area contributed by atoms with Crippen LogP contribution < -0.4 is 10.1 Å². The van der Waals surface area contributed by atoms with Gasteiger partial charge >= 0.3 is 12.0 Å². The lowest BCUT2D eigenvalue weighted by Gasteiger charge is -2.28. The number of esters is 1. The molecular formula is C20H26N4O5. The second kappa shape index (κ2) is 9.42. The number of aromatic nitrogens is 2. The van der Waals surface area contributed by atoms with Gasteiger partial charge in [0, 0.05) is 32.2 Å². The number of benzene rings is 1. The van der Waals surface area contributed by atoms with Crippen molar-refractivity contribution >= 4 is 12.0 Å². The van der Waals surface area contributed by atoms with E-state index in [9.17, 15) is 9.59 Å². The van der Waals surface area contributed by atoms with Crippen molar-refractivity contribution in [3.63, 3.8) is 0 Å². The fourth-order valence-corrected chi connectivity index (χ4v) is 3.26. The van der Waals surface area contributed by atoms with Gasteiger partial charge in [0.15, 0.2) is 5.69 Å². The van der Waals surface area contributed by atoms with Crippen LogP contribution in [0.15, 0.2) is 24.3 Å². The molecule has 0 fully saturated rings. The lowest BCUT2D eigenvalue weighted by atomic mass is 10.1. The summed E-state index contributed by atoms with van der Waals surface area (Å²) in [5.41, 5.74) is 2.68. The summed E-state index contributed by atoms with van der Waals surface area (Å²) in [6.07, 6.45) is 0.575. The van der Waals surface area contributed by atoms with Crippen molar-refractivity contribution in [1.29, 1.82) is 0 Å². The van der Waals surface area contributed by atoms with Gasteiger partial charge in [0.2, 0.25) is 0 Å². The average Bonchev–Trinajstić information content (AvgIpc) is 3.13. The molecule has 0 aliphatic carbocycles. The third-order valence-corrected chi connectivity index (χ3v) is 4.71. The number of fused-ring (bicyclic) bond motifs is 1. The van der Waals surface area contributed by atoms with Crippen molar-refractivity contribution in [2.24, 2.45) is 0 Å². The number of carbonyl (C=O) groups is 2. The predicted octanol–water partition coefficient (Wildman–Crippen LogP) is 1.77. The van der Waals surface area contributed by atoms with Crippen LogP contribution in [0.25, 0.3) is 5.69 Å². The number of urea groups is 1. The molecule has 1 aromatic carbocycles. The molecule has 3 rings (SSSR count). The molecule has 29 heavy (non-hydrogen) atoms. The summed E-state index contributed by atoms with van der Waals surface area (Å²) in [7, 11) is 3.19. The highest BCUT2D eigenvalue weighted by atomic mass is 16.5. The maximum absolute atomic E-state index is 12.5. The minimum atomic E-state index is -0.488. The Balaban J connectivity index is 1.91. The summed E-state index contributed by atoms with van der Waals surface area (Å²) in [6.45, 7) is 3.68. The average molecular weight is 402 g/mol. The number of nitrogens with zero attached hydrogens (tertiary/aromatic N) is 3. The van der Waals surface area contributed by atoms with Crippen molar-refractivity contribution in [1.82, 2.24) is 20.0 Å². The van der Waals surface area contributed by atoms with Crippen LogP contribution in [-0.2, 0) is 22.4 Å². The van der Waals surface area contributed by atoms with Gasteiger partial charge in [-0.05, 0) is 31.2 Å². The van der Waals surface area contributed by atoms with Gasteiger partial charge in [0.1, 0.15) is 5.75 Å². The fourth-order valence-electron chi connectivity index (χ4n) is 3.26. The van der Waals surface area contributed by atoms with Gasteiger partial charge in [-0.3, -0.25) is 0 Å². The highest BCUT2D eigenvalue weighted by Crippen LogP contribution is 2.27. The van der Waals surface area contributed by atoms with Crippen molar-refractivity contribution < 1.29 is 23.8 Å². The van der Waals surface area contributed by atoms with E-state index in [1.807, 2.05) is 24.3 Å². The second-order valence-electron chi connectivity index (χ2n) is 6.50. The highest BCUT2D eigenvalue weighted by Gasteiger charge is 2.31. The van der Waals surface area contributed by atoms with Gasteiger partial charge in [-0.1, -0.05) is 0 Å². The van der Waals surface area contributed by atoms with Gasteiger partial charge in [0.25, 0.3) is 0 Å². The molecule has 2 amide bonds. The molecule has 0 saturated carbocycles. The third kappa shape index (κ3) is 4.51. The number of amides is 2. The molecule has 0 radical (unpaired) electrons.